The number of primary amides is 4. The third kappa shape index (κ3) is 28.9. The van der Waals surface area contributed by atoms with Gasteiger partial charge in [0.25, 0.3) is 0 Å². The van der Waals surface area contributed by atoms with E-state index in [0.717, 1.165) is 57.9 Å². The van der Waals surface area contributed by atoms with Gasteiger partial charge in [0.1, 0.15) is 0 Å². The van der Waals surface area contributed by atoms with Gasteiger partial charge in [-0.15, -0.1) is 0 Å². The van der Waals surface area contributed by atoms with E-state index in [1.807, 2.05) is 12.1 Å². The summed E-state index contributed by atoms with van der Waals surface area (Å²) < 4.78 is 0. The van der Waals surface area contributed by atoms with E-state index in [4.69, 9.17) is 24.9 Å². The molecule has 1 fully saturated rings. The van der Waals surface area contributed by atoms with Crippen molar-refractivity contribution in [2.75, 3.05) is 51.5 Å². The van der Waals surface area contributed by atoms with E-state index in [2.05, 4.69) is 56.3 Å². The van der Waals surface area contributed by atoms with Gasteiger partial charge in [-0.25, -0.2) is 0 Å². The van der Waals surface area contributed by atoms with E-state index in [9.17, 15) is 0 Å². The van der Waals surface area contributed by atoms with Gasteiger partial charge >= 0.3 is 0 Å². The van der Waals surface area contributed by atoms with Crippen molar-refractivity contribution < 1.29 is 19.2 Å². The Labute approximate surface area is 189 Å². The average Bonchev–Trinajstić information content (AvgIpc) is 2.74. The van der Waals surface area contributed by atoms with Crippen LogP contribution in [0.5, 0.6) is 0 Å². The Kier molecular flexibility index (Phi) is 31.2. The summed E-state index contributed by atoms with van der Waals surface area (Å²) in [7, 11) is 0. The van der Waals surface area contributed by atoms with Crippen LogP contribution in [-0.2, 0) is 25.6 Å². The van der Waals surface area contributed by atoms with E-state index < -0.39 is 0 Å². The molecule has 1 aliphatic rings. The van der Waals surface area contributed by atoms with Crippen LogP contribution in [0.4, 0.5) is 5.69 Å². The lowest BCUT2D eigenvalue weighted by molar-refractivity contribution is -0.107. The second-order valence-corrected chi connectivity index (χ2v) is 5.85. The number of anilines is 1. The van der Waals surface area contributed by atoms with Gasteiger partial charge in [0, 0.05) is 57.5 Å². The molecule has 1 aromatic carbocycles. The van der Waals surface area contributed by atoms with Crippen LogP contribution >= 0.6 is 0 Å². The molecule has 13 nitrogen and oxygen atoms in total. The molecule has 1 aliphatic heterocycles. The number of hydrogen-bond donors (Lipinski definition) is 9. The van der Waals surface area contributed by atoms with Crippen LogP contribution in [0.2, 0.25) is 0 Å². The minimum absolute atomic E-state index is 0.250. The first kappa shape index (κ1) is 33.4. The highest BCUT2D eigenvalue weighted by atomic mass is 16.1. The lowest BCUT2D eigenvalue weighted by Crippen LogP contribution is -2.46. The molecule has 0 spiro atoms. The number of amides is 4. The van der Waals surface area contributed by atoms with Crippen molar-refractivity contribution in [3.63, 3.8) is 0 Å². The fourth-order valence-electron chi connectivity index (χ4n) is 2.40. The summed E-state index contributed by atoms with van der Waals surface area (Å²) in [6.07, 6.45) is 2.03. The second kappa shape index (κ2) is 29.9. The lowest BCUT2D eigenvalue weighted by Gasteiger charge is -2.21. The van der Waals surface area contributed by atoms with Crippen molar-refractivity contribution in [3.05, 3.63) is 29.8 Å². The average molecular weight is 458 g/mol. The zero-order valence-corrected chi connectivity index (χ0v) is 18.4. The van der Waals surface area contributed by atoms with Crippen molar-refractivity contribution in [1.29, 1.82) is 0 Å². The molecule has 0 bridgehead atoms. The lowest BCUT2D eigenvalue weighted by atomic mass is 10.1. The van der Waals surface area contributed by atoms with Crippen LogP contribution in [0.25, 0.3) is 0 Å². The summed E-state index contributed by atoms with van der Waals surface area (Å²) in [6.45, 7) is 7.12. The van der Waals surface area contributed by atoms with Crippen molar-refractivity contribution >= 4 is 31.3 Å². The molecule has 1 heterocycles. The Morgan fingerprint density at radius 1 is 0.688 bits per heavy atom. The van der Waals surface area contributed by atoms with Crippen molar-refractivity contribution in [3.8, 4) is 0 Å². The maximum absolute atomic E-state index is 8.58. The molecule has 0 aliphatic carbocycles. The van der Waals surface area contributed by atoms with E-state index in [0.29, 0.717) is 6.04 Å². The summed E-state index contributed by atoms with van der Waals surface area (Å²) in [5.41, 5.74) is 24.6. The number of nitrogens with two attached hydrogens (primary N) is 5. The Morgan fingerprint density at radius 2 is 1.06 bits per heavy atom. The summed E-state index contributed by atoms with van der Waals surface area (Å²) >= 11 is 0. The highest BCUT2D eigenvalue weighted by Crippen LogP contribution is 2.07. The van der Waals surface area contributed by atoms with Gasteiger partial charge in [0.15, 0.2) is 0 Å². The standard InChI is InChI=1S/C15H27N5.4CH3NO/c16-14-3-1-13(2-4-14)11-15-12-19-8-7-17-5-6-18-9-10-20-15;4*2-1-3/h1-4,15,17-20H,5-12,16H2;4*1H,(H2,2,3). The van der Waals surface area contributed by atoms with Gasteiger partial charge in [-0.05, 0) is 24.1 Å². The molecule has 32 heavy (non-hydrogen) atoms. The fourth-order valence-corrected chi connectivity index (χ4v) is 2.40. The minimum Gasteiger partial charge on any atom is -0.399 e. The monoisotopic (exact) mass is 457 g/mol. The molecular weight excluding hydrogens is 418 g/mol. The normalized spacial score (nSPS) is 15.7. The Hall–Kier alpha value is -3.26. The van der Waals surface area contributed by atoms with Crippen LogP contribution < -0.4 is 49.9 Å². The molecule has 1 atom stereocenters. The minimum atomic E-state index is 0.250. The van der Waals surface area contributed by atoms with Crippen molar-refractivity contribution in [2.24, 2.45) is 22.9 Å². The molecule has 0 saturated carbocycles. The number of benzene rings is 1. The first-order valence-corrected chi connectivity index (χ1v) is 9.82. The molecule has 2 rings (SSSR count). The van der Waals surface area contributed by atoms with Crippen LogP contribution in [0, 0.1) is 0 Å². The number of hydrogen-bond acceptors (Lipinski definition) is 9. The molecular formula is C19H39N9O4. The number of nitrogen functional groups attached to an aromatic ring is 1. The molecule has 0 radical (unpaired) electrons. The zero-order valence-electron chi connectivity index (χ0n) is 18.4. The number of nitrogens with one attached hydrogen (secondary N) is 4. The fraction of sp³-hybridized carbons (Fsp3) is 0.474. The highest BCUT2D eigenvalue weighted by Gasteiger charge is 2.09. The predicted octanol–water partition coefficient (Wildman–Crippen LogP) is -4.04. The van der Waals surface area contributed by atoms with Crippen LogP contribution in [0.3, 0.4) is 0 Å². The van der Waals surface area contributed by atoms with Gasteiger partial charge < -0.3 is 49.9 Å². The van der Waals surface area contributed by atoms with Crippen LogP contribution in [0.1, 0.15) is 5.56 Å². The van der Waals surface area contributed by atoms with Crippen LogP contribution in [-0.4, -0.2) is 77.5 Å². The molecule has 4 amide bonds. The molecule has 14 N–H and O–H groups in total. The number of rotatable bonds is 2. The maximum atomic E-state index is 8.58. The highest BCUT2D eigenvalue weighted by molar-refractivity contribution is 5.42. The van der Waals surface area contributed by atoms with Gasteiger partial charge in [-0.2, -0.15) is 0 Å². The zero-order chi connectivity index (χ0) is 24.9. The molecule has 184 valence electrons. The largest absolute Gasteiger partial charge is 0.399 e. The molecule has 0 aromatic heterocycles. The molecule has 1 saturated heterocycles. The SMILES string of the molecule is NC=O.NC=O.NC=O.NC=O.Nc1ccc(CC2CNCCNCCNCCN2)cc1. The Morgan fingerprint density at radius 3 is 1.50 bits per heavy atom. The van der Waals surface area contributed by atoms with Gasteiger partial charge in [0.05, 0.1) is 0 Å². The smallest absolute Gasteiger partial charge is 0.204 e. The first-order valence-electron chi connectivity index (χ1n) is 9.82. The Bertz CT molecular complexity index is 512. The summed E-state index contributed by atoms with van der Waals surface area (Å²) in [4.78, 5) is 34.3. The summed E-state index contributed by atoms with van der Waals surface area (Å²) in [5, 5.41) is 14.0. The maximum Gasteiger partial charge on any atom is 0.204 e. The third-order valence-electron chi connectivity index (χ3n) is 3.54. The van der Waals surface area contributed by atoms with Crippen LogP contribution in [0.15, 0.2) is 24.3 Å². The van der Waals surface area contributed by atoms with E-state index in [1.165, 1.54) is 5.56 Å². The second-order valence-electron chi connectivity index (χ2n) is 5.85. The summed E-state index contributed by atoms with van der Waals surface area (Å²) in [6, 6.07) is 8.65. The molecule has 13 heteroatoms. The molecule has 1 aromatic rings. The predicted molar refractivity (Wildman–Crippen MR) is 126 cm³/mol. The third-order valence-corrected chi connectivity index (χ3v) is 3.54. The number of carbonyl (C=O) groups is 4. The van der Waals surface area contributed by atoms with Crippen molar-refractivity contribution in [2.45, 2.75) is 12.5 Å². The van der Waals surface area contributed by atoms with Gasteiger partial charge in [-0.3, -0.25) is 19.2 Å². The van der Waals surface area contributed by atoms with E-state index in [1.54, 1.807) is 0 Å². The topological polar surface area (TPSA) is 247 Å². The summed E-state index contributed by atoms with van der Waals surface area (Å²) in [5.74, 6) is 0. The van der Waals surface area contributed by atoms with E-state index in [-0.39, 0.29) is 25.6 Å². The van der Waals surface area contributed by atoms with E-state index >= 15 is 0 Å². The quantitative estimate of drug-likeness (QED) is 0.155. The number of carbonyl (C=O) groups excluding carboxylic acids is 4. The van der Waals surface area contributed by atoms with Crippen molar-refractivity contribution in [1.82, 2.24) is 21.3 Å². The molecule has 1 unspecified atom stereocenters. The first-order chi connectivity index (χ1) is 15.5. The van der Waals surface area contributed by atoms with Gasteiger partial charge in [0.2, 0.25) is 25.6 Å². The van der Waals surface area contributed by atoms with Gasteiger partial charge in [-0.1, -0.05) is 12.1 Å². The Balaban J connectivity index is -0.000000587.